The maximum Gasteiger partial charge on any atom is 0.254 e. The molecule has 0 aromatic heterocycles. The van der Waals surface area contributed by atoms with E-state index in [0.29, 0.717) is 13.1 Å². The molecule has 0 atom stereocenters. The largest absolute Gasteiger partial charge is 0.396 e. The Hall–Kier alpha value is -1.35. The summed E-state index contributed by atoms with van der Waals surface area (Å²) >= 11 is 0. The van der Waals surface area contributed by atoms with Gasteiger partial charge in [-0.2, -0.15) is 0 Å². The Morgan fingerprint density at radius 3 is 2.75 bits per heavy atom. The summed E-state index contributed by atoms with van der Waals surface area (Å²) < 4.78 is 0. The predicted octanol–water partition coefficient (Wildman–Crippen LogP) is 1.31. The lowest BCUT2D eigenvalue weighted by Gasteiger charge is -2.38. The van der Waals surface area contributed by atoms with Gasteiger partial charge in [-0.25, -0.2) is 0 Å². The first-order valence-corrected chi connectivity index (χ1v) is 5.74. The fourth-order valence-corrected chi connectivity index (χ4v) is 2.06. The van der Waals surface area contributed by atoms with Crippen molar-refractivity contribution in [1.29, 1.82) is 0 Å². The molecule has 3 heteroatoms. The lowest BCUT2D eigenvalue weighted by molar-refractivity contribution is 0.0361. The van der Waals surface area contributed by atoms with Crippen molar-refractivity contribution in [2.75, 3.05) is 19.7 Å². The second-order valence-electron chi connectivity index (χ2n) is 4.27. The molecule has 1 amide bonds. The average Bonchev–Trinajstić information content (AvgIpc) is 2.27. The van der Waals surface area contributed by atoms with Crippen LogP contribution in [0.15, 0.2) is 24.3 Å². The third-order valence-electron chi connectivity index (χ3n) is 3.13. The first-order valence-electron chi connectivity index (χ1n) is 5.74. The summed E-state index contributed by atoms with van der Waals surface area (Å²) in [6, 6.07) is 7.74. The minimum Gasteiger partial charge on any atom is -0.396 e. The molecule has 1 aromatic carbocycles. The number of aryl methyl sites for hydroxylation is 1. The summed E-state index contributed by atoms with van der Waals surface area (Å²) in [5.41, 5.74) is 1.90. The molecule has 0 spiro atoms. The fourth-order valence-electron chi connectivity index (χ4n) is 2.06. The van der Waals surface area contributed by atoms with Crippen LogP contribution in [0, 0.1) is 5.92 Å². The minimum absolute atomic E-state index is 0.0992. The molecule has 1 heterocycles. The van der Waals surface area contributed by atoms with Gasteiger partial charge in [0.25, 0.3) is 5.91 Å². The zero-order valence-corrected chi connectivity index (χ0v) is 9.52. The van der Waals surface area contributed by atoms with E-state index in [1.165, 1.54) is 0 Å². The van der Waals surface area contributed by atoms with Crippen molar-refractivity contribution in [3.05, 3.63) is 35.4 Å². The van der Waals surface area contributed by atoms with E-state index >= 15 is 0 Å². The molecular weight excluding hydrogens is 202 g/mol. The SMILES string of the molecule is CCc1ccccc1C(=O)N1CC(CO)C1. The molecule has 0 saturated carbocycles. The third-order valence-corrected chi connectivity index (χ3v) is 3.13. The van der Waals surface area contributed by atoms with E-state index in [0.717, 1.165) is 17.5 Å². The predicted molar refractivity (Wildman–Crippen MR) is 62.3 cm³/mol. The van der Waals surface area contributed by atoms with Crippen molar-refractivity contribution < 1.29 is 9.90 Å². The summed E-state index contributed by atoms with van der Waals surface area (Å²) in [4.78, 5) is 13.9. The van der Waals surface area contributed by atoms with Gasteiger partial charge in [-0.1, -0.05) is 25.1 Å². The molecule has 2 rings (SSSR count). The smallest absolute Gasteiger partial charge is 0.254 e. The third kappa shape index (κ3) is 1.95. The monoisotopic (exact) mass is 219 g/mol. The number of aliphatic hydroxyl groups is 1. The van der Waals surface area contributed by atoms with E-state index < -0.39 is 0 Å². The summed E-state index contributed by atoms with van der Waals surface area (Å²) in [7, 11) is 0. The number of hydrogen-bond donors (Lipinski definition) is 1. The van der Waals surface area contributed by atoms with Gasteiger partial charge in [0.15, 0.2) is 0 Å². The van der Waals surface area contributed by atoms with Gasteiger partial charge in [-0.15, -0.1) is 0 Å². The average molecular weight is 219 g/mol. The number of likely N-dealkylation sites (tertiary alicyclic amines) is 1. The van der Waals surface area contributed by atoms with Gasteiger partial charge in [-0.05, 0) is 18.1 Å². The van der Waals surface area contributed by atoms with Crippen LogP contribution in [0.1, 0.15) is 22.8 Å². The highest BCUT2D eigenvalue weighted by Gasteiger charge is 2.31. The van der Waals surface area contributed by atoms with Crippen LogP contribution in [0.5, 0.6) is 0 Å². The quantitative estimate of drug-likeness (QED) is 0.832. The number of hydrogen-bond acceptors (Lipinski definition) is 2. The molecule has 1 N–H and O–H groups in total. The van der Waals surface area contributed by atoms with Crippen molar-refractivity contribution >= 4 is 5.91 Å². The fraction of sp³-hybridized carbons (Fsp3) is 0.462. The molecule has 86 valence electrons. The molecule has 0 aliphatic carbocycles. The molecule has 1 aliphatic rings. The number of nitrogens with zero attached hydrogens (tertiary/aromatic N) is 1. The molecule has 0 unspecified atom stereocenters. The first-order chi connectivity index (χ1) is 7.76. The van der Waals surface area contributed by atoms with Gasteiger partial charge in [-0.3, -0.25) is 4.79 Å². The van der Waals surface area contributed by atoms with E-state index in [4.69, 9.17) is 5.11 Å². The second-order valence-corrected chi connectivity index (χ2v) is 4.27. The number of amides is 1. The summed E-state index contributed by atoms with van der Waals surface area (Å²) in [6.07, 6.45) is 0.874. The number of benzene rings is 1. The summed E-state index contributed by atoms with van der Waals surface area (Å²) in [5, 5.41) is 8.92. The van der Waals surface area contributed by atoms with Crippen LogP contribution in [-0.4, -0.2) is 35.6 Å². The Balaban J connectivity index is 2.10. The highest BCUT2D eigenvalue weighted by atomic mass is 16.3. The van der Waals surface area contributed by atoms with Crippen LogP contribution in [-0.2, 0) is 6.42 Å². The first kappa shape index (κ1) is 11.1. The molecule has 1 fully saturated rings. The number of carbonyl (C=O) groups excluding carboxylic acids is 1. The van der Waals surface area contributed by atoms with Gasteiger partial charge in [0, 0.05) is 31.2 Å². The molecule has 1 saturated heterocycles. The Labute approximate surface area is 95.7 Å². The van der Waals surface area contributed by atoms with Gasteiger partial charge in [0.05, 0.1) is 0 Å². The van der Waals surface area contributed by atoms with Crippen LogP contribution in [0.4, 0.5) is 0 Å². The number of carbonyl (C=O) groups is 1. The Kier molecular flexibility index (Phi) is 3.25. The van der Waals surface area contributed by atoms with E-state index in [9.17, 15) is 4.79 Å². The van der Waals surface area contributed by atoms with Crippen molar-refractivity contribution in [3.63, 3.8) is 0 Å². The topological polar surface area (TPSA) is 40.5 Å². The zero-order valence-electron chi connectivity index (χ0n) is 9.52. The summed E-state index contributed by atoms with van der Waals surface area (Å²) in [6.45, 7) is 3.61. The molecule has 1 aliphatic heterocycles. The van der Waals surface area contributed by atoms with Crippen LogP contribution >= 0.6 is 0 Å². The van der Waals surface area contributed by atoms with Crippen molar-refractivity contribution in [1.82, 2.24) is 4.90 Å². The molecule has 16 heavy (non-hydrogen) atoms. The lowest BCUT2D eigenvalue weighted by atomic mass is 9.97. The standard InChI is InChI=1S/C13H17NO2/c1-2-11-5-3-4-6-12(11)13(16)14-7-10(8-14)9-15/h3-6,10,15H,2,7-9H2,1H3. The van der Waals surface area contributed by atoms with E-state index in [1.807, 2.05) is 24.3 Å². The van der Waals surface area contributed by atoms with Crippen molar-refractivity contribution in [3.8, 4) is 0 Å². The molecule has 1 aromatic rings. The Bertz CT molecular complexity index is 383. The second kappa shape index (κ2) is 4.66. The minimum atomic E-state index is 0.0992. The van der Waals surface area contributed by atoms with E-state index in [-0.39, 0.29) is 18.4 Å². The van der Waals surface area contributed by atoms with Gasteiger partial charge < -0.3 is 10.0 Å². The highest BCUT2D eigenvalue weighted by molar-refractivity contribution is 5.96. The maximum atomic E-state index is 12.1. The number of rotatable bonds is 3. The van der Waals surface area contributed by atoms with Crippen LogP contribution in [0.2, 0.25) is 0 Å². The normalized spacial score (nSPS) is 16.0. The highest BCUT2D eigenvalue weighted by Crippen LogP contribution is 2.20. The molecule has 3 nitrogen and oxygen atoms in total. The van der Waals surface area contributed by atoms with Crippen LogP contribution in [0.3, 0.4) is 0 Å². The molecule has 0 radical (unpaired) electrons. The van der Waals surface area contributed by atoms with Crippen molar-refractivity contribution in [2.24, 2.45) is 5.92 Å². The Morgan fingerprint density at radius 1 is 1.44 bits per heavy atom. The van der Waals surface area contributed by atoms with Crippen LogP contribution in [0.25, 0.3) is 0 Å². The van der Waals surface area contributed by atoms with Crippen LogP contribution < -0.4 is 0 Å². The van der Waals surface area contributed by atoms with Gasteiger partial charge in [0.2, 0.25) is 0 Å². The lowest BCUT2D eigenvalue weighted by Crippen LogP contribution is -2.51. The van der Waals surface area contributed by atoms with Gasteiger partial charge in [0.1, 0.15) is 0 Å². The maximum absolute atomic E-state index is 12.1. The molecule has 0 bridgehead atoms. The number of aliphatic hydroxyl groups excluding tert-OH is 1. The van der Waals surface area contributed by atoms with Gasteiger partial charge >= 0.3 is 0 Å². The van der Waals surface area contributed by atoms with Crippen molar-refractivity contribution in [2.45, 2.75) is 13.3 Å². The molecular formula is C13H17NO2. The van der Waals surface area contributed by atoms with E-state index in [2.05, 4.69) is 6.92 Å². The Morgan fingerprint density at radius 2 is 2.12 bits per heavy atom. The zero-order chi connectivity index (χ0) is 11.5. The van der Waals surface area contributed by atoms with E-state index in [1.54, 1.807) is 4.90 Å². The summed E-state index contributed by atoms with van der Waals surface area (Å²) in [5.74, 6) is 0.375.